The molecule has 2 nitrogen and oxygen atoms in total. The largest absolute Gasteiger partial charge is 0.328 e. The monoisotopic (exact) mass is 514 g/mol. The van der Waals surface area contributed by atoms with Gasteiger partial charge in [-0.15, -0.1) is 0 Å². The molecule has 0 aliphatic rings. The molecule has 3 heteroatoms. The fraction of sp³-hybridized carbons (Fsp3) is 1.00. The molecule has 0 radical (unpaired) electrons. The highest BCUT2D eigenvalue weighted by atomic mass is 31.2. The van der Waals surface area contributed by atoms with E-state index in [-0.39, 0.29) is 0 Å². The molecule has 0 aromatic rings. The molecular formula is C32H67O2P. The molecule has 0 N–H and O–H groups in total. The molecule has 0 amide bonds. The number of unbranched alkanes of at least 4 members (excludes halogenated alkanes) is 23. The van der Waals surface area contributed by atoms with Crippen molar-refractivity contribution < 1.29 is 9.09 Å². The standard InChI is InChI=1S/C32H67O2P/c1-4-7-10-13-16-18-20-22-25-28-31-35(33,34-30-27-24-15-12-9-6-3)32-29-26-23-21-19-17-14-11-8-5-2/h4-32H2,1-3H3. The molecule has 0 bridgehead atoms. The topological polar surface area (TPSA) is 26.3 Å². The minimum absolute atomic E-state index is 0.721. The van der Waals surface area contributed by atoms with E-state index in [1.807, 2.05) is 0 Å². The first kappa shape index (κ1) is 35.2. The van der Waals surface area contributed by atoms with Crippen LogP contribution in [-0.2, 0) is 9.09 Å². The lowest BCUT2D eigenvalue weighted by molar-refractivity contribution is 0.299. The van der Waals surface area contributed by atoms with E-state index in [2.05, 4.69) is 20.8 Å². The Hall–Kier alpha value is 0.190. The highest BCUT2D eigenvalue weighted by molar-refractivity contribution is 7.58. The Kier molecular flexibility index (Phi) is 28.9. The molecule has 35 heavy (non-hydrogen) atoms. The Balaban J connectivity index is 4.03. The third-order valence-corrected chi connectivity index (χ3v) is 10.2. The van der Waals surface area contributed by atoms with Crippen molar-refractivity contribution in [3.8, 4) is 0 Å². The lowest BCUT2D eigenvalue weighted by Gasteiger charge is -2.19. The van der Waals surface area contributed by atoms with Gasteiger partial charge in [-0.2, -0.15) is 0 Å². The summed E-state index contributed by atoms with van der Waals surface area (Å²) in [5.41, 5.74) is 0. The predicted octanol–water partition coefficient (Wildman–Crippen LogP) is 12.5. The van der Waals surface area contributed by atoms with Crippen LogP contribution in [0.4, 0.5) is 0 Å². The maximum Gasteiger partial charge on any atom is 0.203 e. The van der Waals surface area contributed by atoms with Crippen LogP contribution in [0.3, 0.4) is 0 Å². The molecule has 212 valence electrons. The summed E-state index contributed by atoms with van der Waals surface area (Å²) in [7, 11) is -2.43. The van der Waals surface area contributed by atoms with E-state index in [4.69, 9.17) is 4.52 Å². The van der Waals surface area contributed by atoms with E-state index in [0.717, 1.165) is 38.2 Å². The third-order valence-electron chi connectivity index (χ3n) is 7.53. The zero-order valence-electron chi connectivity index (χ0n) is 24.8. The molecule has 0 aliphatic carbocycles. The van der Waals surface area contributed by atoms with Gasteiger partial charge >= 0.3 is 0 Å². The second kappa shape index (κ2) is 28.8. The van der Waals surface area contributed by atoms with Crippen molar-refractivity contribution in [3.05, 3.63) is 0 Å². The maximum atomic E-state index is 13.6. The summed E-state index contributed by atoms with van der Waals surface area (Å²) in [6, 6.07) is 0. The molecule has 0 aromatic heterocycles. The van der Waals surface area contributed by atoms with Crippen molar-refractivity contribution in [2.24, 2.45) is 0 Å². The van der Waals surface area contributed by atoms with Gasteiger partial charge in [0.2, 0.25) is 7.37 Å². The summed E-state index contributed by atoms with van der Waals surface area (Å²) in [6.45, 7) is 7.55. The summed E-state index contributed by atoms with van der Waals surface area (Å²) in [4.78, 5) is 0. The fourth-order valence-corrected chi connectivity index (χ4v) is 7.39. The van der Waals surface area contributed by atoms with Gasteiger partial charge in [0.25, 0.3) is 0 Å². The Morgan fingerprint density at radius 1 is 0.371 bits per heavy atom. The molecule has 0 atom stereocenters. The quantitative estimate of drug-likeness (QED) is 0.0703. The highest BCUT2D eigenvalue weighted by Gasteiger charge is 2.22. The fourth-order valence-electron chi connectivity index (χ4n) is 5.03. The smallest absolute Gasteiger partial charge is 0.203 e. The molecule has 0 aliphatic heterocycles. The second-order valence-electron chi connectivity index (χ2n) is 11.2. The van der Waals surface area contributed by atoms with Gasteiger partial charge in [0.05, 0.1) is 6.61 Å². The first-order chi connectivity index (χ1) is 17.2. The third kappa shape index (κ3) is 27.0. The zero-order valence-corrected chi connectivity index (χ0v) is 25.7. The Morgan fingerprint density at radius 3 is 0.943 bits per heavy atom. The van der Waals surface area contributed by atoms with Crippen molar-refractivity contribution in [3.63, 3.8) is 0 Å². The molecule has 0 spiro atoms. The molecular weight excluding hydrogens is 447 g/mol. The van der Waals surface area contributed by atoms with Crippen LogP contribution in [0.25, 0.3) is 0 Å². The van der Waals surface area contributed by atoms with Crippen LogP contribution in [0.15, 0.2) is 0 Å². The molecule has 0 fully saturated rings. The SMILES string of the molecule is CCCCCCCCCCCCP(=O)(CCCCCCCCCCCC)OCCCCCCCC. The van der Waals surface area contributed by atoms with Crippen LogP contribution in [0, 0.1) is 0 Å². The van der Waals surface area contributed by atoms with E-state index in [1.54, 1.807) is 0 Å². The summed E-state index contributed by atoms with van der Waals surface area (Å²) >= 11 is 0. The van der Waals surface area contributed by atoms with Crippen LogP contribution in [0.1, 0.15) is 188 Å². The lowest BCUT2D eigenvalue weighted by Crippen LogP contribution is -2.03. The number of hydrogen-bond acceptors (Lipinski definition) is 2. The summed E-state index contributed by atoms with van der Waals surface area (Å²) in [6.07, 6.45) is 35.9. The van der Waals surface area contributed by atoms with Gasteiger partial charge in [-0.05, 0) is 19.3 Å². The molecule has 0 unspecified atom stereocenters. The molecule has 0 heterocycles. The van der Waals surface area contributed by atoms with Crippen molar-refractivity contribution in [1.82, 2.24) is 0 Å². The highest BCUT2D eigenvalue weighted by Crippen LogP contribution is 2.49. The van der Waals surface area contributed by atoms with Gasteiger partial charge < -0.3 is 4.52 Å². The van der Waals surface area contributed by atoms with E-state index in [1.165, 1.54) is 148 Å². The van der Waals surface area contributed by atoms with Crippen molar-refractivity contribution in [2.45, 2.75) is 188 Å². The number of hydrogen-bond donors (Lipinski definition) is 0. The van der Waals surface area contributed by atoms with Gasteiger partial charge in [-0.25, -0.2) is 0 Å². The van der Waals surface area contributed by atoms with Crippen LogP contribution >= 0.6 is 7.37 Å². The molecule has 0 aromatic carbocycles. The maximum absolute atomic E-state index is 13.6. The average Bonchev–Trinajstić information content (AvgIpc) is 2.86. The van der Waals surface area contributed by atoms with E-state index in [0.29, 0.717) is 0 Å². The first-order valence-electron chi connectivity index (χ1n) is 16.4. The first-order valence-corrected chi connectivity index (χ1v) is 18.4. The second-order valence-corrected chi connectivity index (χ2v) is 14.0. The van der Waals surface area contributed by atoms with Crippen molar-refractivity contribution in [1.29, 1.82) is 0 Å². The molecule has 0 rings (SSSR count). The van der Waals surface area contributed by atoms with Crippen molar-refractivity contribution in [2.75, 3.05) is 18.9 Å². The summed E-state index contributed by atoms with van der Waals surface area (Å²) < 4.78 is 19.8. The van der Waals surface area contributed by atoms with E-state index >= 15 is 0 Å². The Bertz CT molecular complexity index is 409. The van der Waals surface area contributed by atoms with Gasteiger partial charge in [0.1, 0.15) is 0 Å². The van der Waals surface area contributed by atoms with Crippen molar-refractivity contribution >= 4 is 7.37 Å². The Labute approximate surface area is 223 Å². The van der Waals surface area contributed by atoms with E-state index < -0.39 is 7.37 Å². The van der Waals surface area contributed by atoms with Crippen LogP contribution in [0.2, 0.25) is 0 Å². The van der Waals surface area contributed by atoms with Gasteiger partial charge in [-0.1, -0.05) is 168 Å². The van der Waals surface area contributed by atoms with Gasteiger partial charge in [0.15, 0.2) is 0 Å². The Morgan fingerprint density at radius 2 is 0.629 bits per heavy atom. The molecule has 0 saturated heterocycles. The average molecular weight is 515 g/mol. The summed E-state index contributed by atoms with van der Waals surface area (Å²) in [5.74, 6) is 0. The van der Waals surface area contributed by atoms with Gasteiger partial charge in [0, 0.05) is 12.3 Å². The minimum atomic E-state index is -2.43. The van der Waals surface area contributed by atoms with E-state index in [9.17, 15) is 4.57 Å². The van der Waals surface area contributed by atoms with Crippen LogP contribution in [-0.4, -0.2) is 18.9 Å². The minimum Gasteiger partial charge on any atom is -0.328 e. The molecule has 0 saturated carbocycles. The van der Waals surface area contributed by atoms with Crippen LogP contribution < -0.4 is 0 Å². The zero-order chi connectivity index (χ0) is 25.7. The lowest BCUT2D eigenvalue weighted by atomic mass is 10.1. The van der Waals surface area contributed by atoms with Crippen LogP contribution in [0.5, 0.6) is 0 Å². The van der Waals surface area contributed by atoms with Gasteiger partial charge in [-0.3, -0.25) is 4.57 Å². The summed E-state index contributed by atoms with van der Waals surface area (Å²) in [5, 5.41) is 0. The normalized spacial score (nSPS) is 12.0. The number of rotatable bonds is 30. The predicted molar refractivity (Wildman–Crippen MR) is 160 cm³/mol.